The summed E-state index contributed by atoms with van der Waals surface area (Å²) in [5.41, 5.74) is -0.128. The summed E-state index contributed by atoms with van der Waals surface area (Å²) in [6, 6.07) is 8.51. The Balaban J connectivity index is 2.11. The van der Waals surface area contributed by atoms with E-state index in [1.807, 2.05) is 0 Å². The van der Waals surface area contributed by atoms with E-state index in [1.165, 1.54) is 41.1 Å². The molecule has 0 aliphatic carbocycles. The molecular weight excluding hydrogens is 342 g/mol. The Morgan fingerprint density at radius 1 is 1.33 bits per heavy atom. The zero-order chi connectivity index (χ0) is 15.4. The molecule has 0 saturated carbocycles. The van der Waals surface area contributed by atoms with Crippen LogP contribution in [0.3, 0.4) is 0 Å². The summed E-state index contributed by atoms with van der Waals surface area (Å²) in [5, 5.41) is 13.2. The highest BCUT2D eigenvalue weighted by molar-refractivity contribution is 9.10. The van der Waals surface area contributed by atoms with Crippen molar-refractivity contribution in [2.75, 3.05) is 5.32 Å². The van der Waals surface area contributed by atoms with Crippen LogP contribution in [0, 0.1) is 10.1 Å². The number of nitro benzene ring substituents is 1. The van der Waals surface area contributed by atoms with E-state index in [0.717, 1.165) is 0 Å². The van der Waals surface area contributed by atoms with Gasteiger partial charge in [0.2, 0.25) is 5.91 Å². The van der Waals surface area contributed by atoms with Crippen LogP contribution < -0.4 is 10.9 Å². The molecule has 1 amide bonds. The molecule has 0 aliphatic rings. The van der Waals surface area contributed by atoms with Crippen LogP contribution in [0.15, 0.2) is 51.9 Å². The first kappa shape index (κ1) is 14.9. The predicted molar refractivity (Wildman–Crippen MR) is 80.1 cm³/mol. The SMILES string of the molecule is O=C(Cn1cc(Br)ccc1=O)Nc1cccc([N+](=O)[O-])c1. The van der Waals surface area contributed by atoms with Crippen LogP contribution in [0.1, 0.15) is 0 Å². The van der Waals surface area contributed by atoms with Gasteiger partial charge in [0.1, 0.15) is 6.54 Å². The average Bonchev–Trinajstić information content (AvgIpc) is 2.43. The number of rotatable bonds is 4. The molecule has 0 atom stereocenters. The number of nitro groups is 1. The molecule has 0 bridgehead atoms. The number of hydrogen-bond acceptors (Lipinski definition) is 4. The summed E-state index contributed by atoms with van der Waals surface area (Å²) in [6.07, 6.45) is 1.50. The monoisotopic (exact) mass is 351 g/mol. The van der Waals surface area contributed by atoms with Gasteiger partial charge in [0, 0.05) is 34.6 Å². The number of carbonyl (C=O) groups excluding carboxylic acids is 1. The van der Waals surface area contributed by atoms with Crippen molar-refractivity contribution in [3.05, 3.63) is 67.5 Å². The maximum absolute atomic E-state index is 11.9. The molecule has 1 aromatic carbocycles. The van der Waals surface area contributed by atoms with E-state index in [0.29, 0.717) is 10.2 Å². The first-order valence-corrected chi connectivity index (χ1v) is 6.65. The van der Waals surface area contributed by atoms with Crippen molar-refractivity contribution in [1.29, 1.82) is 0 Å². The molecule has 7 nitrogen and oxygen atoms in total. The van der Waals surface area contributed by atoms with E-state index in [4.69, 9.17) is 0 Å². The fraction of sp³-hybridized carbons (Fsp3) is 0.0769. The molecule has 21 heavy (non-hydrogen) atoms. The number of benzene rings is 1. The van der Waals surface area contributed by atoms with E-state index in [1.54, 1.807) is 6.07 Å². The van der Waals surface area contributed by atoms with Gasteiger partial charge >= 0.3 is 0 Å². The van der Waals surface area contributed by atoms with Gasteiger partial charge in [-0.3, -0.25) is 19.7 Å². The zero-order valence-electron chi connectivity index (χ0n) is 10.7. The standard InChI is InChI=1S/C13H10BrN3O4/c14-9-4-5-13(19)16(7-9)8-12(18)15-10-2-1-3-11(6-10)17(20)21/h1-7H,8H2,(H,15,18). The van der Waals surface area contributed by atoms with Crippen molar-refractivity contribution in [2.24, 2.45) is 0 Å². The molecule has 0 fully saturated rings. The molecule has 2 rings (SSSR count). The van der Waals surface area contributed by atoms with Crippen LogP contribution in [0.2, 0.25) is 0 Å². The van der Waals surface area contributed by atoms with Gasteiger partial charge in [-0.2, -0.15) is 0 Å². The van der Waals surface area contributed by atoms with Crippen LogP contribution in [0.5, 0.6) is 0 Å². The van der Waals surface area contributed by atoms with Gasteiger partial charge in [-0.15, -0.1) is 0 Å². The number of pyridine rings is 1. The minimum atomic E-state index is -0.547. The van der Waals surface area contributed by atoms with Crippen molar-refractivity contribution < 1.29 is 9.72 Å². The lowest BCUT2D eigenvalue weighted by atomic mass is 10.3. The summed E-state index contributed by atoms with van der Waals surface area (Å²) >= 11 is 3.21. The molecule has 2 aromatic rings. The molecular formula is C13H10BrN3O4. The number of hydrogen-bond donors (Lipinski definition) is 1. The lowest BCUT2D eigenvalue weighted by molar-refractivity contribution is -0.384. The highest BCUT2D eigenvalue weighted by Gasteiger charge is 2.09. The molecule has 1 N–H and O–H groups in total. The fourth-order valence-electron chi connectivity index (χ4n) is 1.68. The second kappa shape index (κ2) is 6.31. The first-order valence-electron chi connectivity index (χ1n) is 5.86. The molecule has 0 spiro atoms. The summed E-state index contributed by atoms with van der Waals surface area (Å²) in [7, 11) is 0. The Bertz CT molecular complexity index is 757. The smallest absolute Gasteiger partial charge is 0.271 e. The molecule has 1 heterocycles. The third-order valence-corrected chi connectivity index (χ3v) is 3.07. The Morgan fingerprint density at radius 2 is 2.10 bits per heavy atom. The van der Waals surface area contributed by atoms with E-state index in [9.17, 15) is 19.7 Å². The number of nitrogens with one attached hydrogen (secondary N) is 1. The van der Waals surface area contributed by atoms with Crippen molar-refractivity contribution >= 4 is 33.2 Å². The van der Waals surface area contributed by atoms with E-state index in [-0.39, 0.29) is 17.8 Å². The zero-order valence-corrected chi connectivity index (χ0v) is 12.2. The maximum Gasteiger partial charge on any atom is 0.271 e. The lowest BCUT2D eigenvalue weighted by Gasteiger charge is -2.07. The third kappa shape index (κ3) is 3.99. The highest BCUT2D eigenvalue weighted by Crippen LogP contribution is 2.17. The lowest BCUT2D eigenvalue weighted by Crippen LogP contribution is -2.26. The quantitative estimate of drug-likeness (QED) is 0.674. The van der Waals surface area contributed by atoms with Gasteiger partial charge in [0.25, 0.3) is 11.2 Å². The fourth-order valence-corrected chi connectivity index (χ4v) is 2.06. The minimum Gasteiger partial charge on any atom is -0.324 e. The number of anilines is 1. The topological polar surface area (TPSA) is 94.2 Å². The van der Waals surface area contributed by atoms with Crippen LogP contribution >= 0.6 is 15.9 Å². The van der Waals surface area contributed by atoms with E-state index >= 15 is 0 Å². The van der Waals surface area contributed by atoms with Gasteiger partial charge in [-0.1, -0.05) is 6.07 Å². The number of nitrogens with zero attached hydrogens (tertiary/aromatic N) is 2. The Kier molecular flexibility index (Phi) is 4.49. The van der Waals surface area contributed by atoms with Crippen LogP contribution in [0.4, 0.5) is 11.4 Å². The van der Waals surface area contributed by atoms with Crippen LogP contribution in [0.25, 0.3) is 0 Å². The number of halogens is 1. The maximum atomic E-state index is 11.9. The minimum absolute atomic E-state index is 0.118. The summed E-state index contributed by atoms with van der Waals surface area (Å²) in [5.74, 6) is -0.448. The van der Waals surface area contributed by atoms with Crippen LogP contribution in [-0.2, 0) is 11.3 Å². The largest absolute Gasteiger partial charge is 0.324 e. The summed E-state index contributed by atoms with van der Waals surface area (Å²) in [6.45, 7) is -0.180. The van der Waals surface area contributed by atoms with Gasteiger partial charge < -0.3 is 9.88 Å². The second-order valence-electron chi connectivity index (χ2n) is 4.17. The summed E-state index contributed by atoms with van der Waals surface area (Å²) in [4.78, 5) is 33.6. The van der Waals surface area contributed by atoms with Crippen molar-refractivity contribution in [3.8, 4) is 0 Å². The first-order chi connectivity index (χ1) is 9.95. The molecule has 0 saturated heterocycles. The van der Waals surface area contributed by atoms with E-state index in [2.05, 4.69) is 21.2 Å². The van der Waals surface area contributed by atoms with Gasteiger partial charge in [0.15, 0.2) is 0 Å². The normalized spacial score (nSPS) is 10.1. The molecule has 1 aromatic heterocycles. The predicted octanol–water partition coefficient (Wildman–Crippen LogP) is 2.16. The molecule has 8 heteroatoms. The molecule has 0 unspecified atom stereocenters. The number of carbonyl (C=O) groups is 1. The Morgan fingerprint density at radius 3 is 2.81 bits per heavy atom. The van der Waals surface area contributed by atoms with Crippen molar-refractivity contribution in [2.45, 2.75) is 6.54 Å². The Hall–Kier alpha value is -2.48. The highest BCUT2D eigenvalue weighted by atomic mass is 79.9. The number of aromatic nitrogens is 1. The van der Waals surface area contributed by atoms with Gasteiger partial charge in [-0.25, -0.2) is 0 Å². The van der Waals surface area contributed by atoms with Crippen molar-refractivity contribution in [3.63, 3.8) is 0 Å². The Labute approximate surface area is 127 Å². The van der Waals surface area contributed by atoms with Gasteiger partial charge in [0.05, 0.1) is 4.92 Å². The van der Waals surface area contributed by atoms with Crippen molar-refractivity contribution in [1.82, 2.24) is 4.57 Å². The van der Waals surface area contributed by atoms with Crippen LogP contribution in [-0.4, -0.2) is 15.4 Å². The molecule has 0 aliphatic heterocycles. The second-order valence-corrected chi connectivity index (χ2v) is 5.08. The van der Waals surface area contributed by atoms with E-state index < -0.39 is 10.8 Å². The molecule has 0 radical (unpaired) electrons. The summed E-state index contributed by atoms with van der Waals surface area (Å²) < 4.78 is 1.90. The third-order valence-electron chi connectivity index (χ3n) is 2.60. The number of non-ortho nitro benzene ring substituents is 1. The van der Waals surface area contributed by atoms with Gasteiger partial charge in [-0.05, 0) is 28.1 Å². The number of amides is 1. The average molecular weight is 352 g/mol. The molecule has 108 valence electrons.